The molecule has 0 aliphatic carbocycles. The number of amides is 1. The molecule has 2 aromatic rings. The van der Waals surface area contributed by atoms with E-state index in [0.29, 0.717) is 16.8 Å². The number of nitrogens with one attached hydrogen (secondary N) is 1. The number of rotatable bonds is 4. The van der Waals surface area contributed by atoms with Gasteiger partial charge < -0.3 is 19.5 Å². The second kappa shape index (κ2) is 10.8. The molecule has 1 amide bonds. The molecule has 8 nitrogen and oxygen atoms in total. The molecule has 0 fully saturated rings. The predicted molar refractivity (Wildman–Crippen MR) is 143 cm³/mol. The number of nitrogens with zero attached hydrogens (tertiary/aromatic N) is 1. The molecule has 0 bridgehead atoms. The minimum atomic E-state index is -1.85. The Kier molecular flexibility index (Phi) is 8.68. The molecule has 9 heteroatoms. The maximum atomic E-state index is 13.3. The fraction of sp³-hybridized carbons (Fsp3) is 0.519. The van der Waals surface area contributed by atoms with E-state index in [4.69, 9.17) is 14.2 Å². The molecule has 0 saturated heterocycles. The summed E-state index contributed by atoms with van der Waals surface area (Å²) in [4.78, 5) is 38.5. The van der Waals surface area contributed by atoms with E-state index in [1.165, 1.54) is 11.7 Å². The summed E-state index contributed by atoms with van der Waals surface area (Å²) < 4.78 is 17.5. The lowest BCUT2D eigenvalue weighted by Crippen LogP contribution is -2.45. The van der Waals surface area contributed by atoms with Crippen LogP contribution in [0.3, 0.4) is 0 Å². The quantitative estimate of drug-likeness (QED) is 0.259. The Hall–Kier alpha value is -3.25. The molecule has 36 heavy (non-hydrogen) atoms. The van der Waals surface area contributed by atoms with Gasteiger partial charge in [0.2, 0.25) is 0 Å². The van der Waals surface area contributed by atoms with E-state index >= 15 is 0 Å². The number of methoxy groups -OCH3 is 1. The fourth-order valence-corrected chi connectivity index (χ4v) is 3.87. The summed E-state index contributed by atoms with van der Waals surface area (Å²) in [5, 5.41) is 3.34. The minimum absolute atomic E-state index is 0.0396. The first-order chi connectivity index (χ1) is 16.4. The van der Waals surface area contributed by atoms with Gasteiger partial charge in [-0.2, -0.15) is 0 Å². The Morgan fingerprint density at radius 2 is 1.58 bits per heavy atom. The van der Waals surface area contributed by atoms with Crippen LogP contribution >= 0.6 is 0 Å². The number of esters is 1. The third kappa shape index (κ3) is 8.16. The summed E-state index contributed by atoms with van der Waals surface area (Å²) in [5.41, 5.74) is 3.51. The lowest BCUT2D eigenvalue weighted by Gasteiger charge is -2.23. The second-order valence-corrected chi connectivity index (χ2v) is 16.3. The van der Waals surface area contributed by atoms with Gasteiger partial charge in [-0.1, -0.05) is 43.8 Å². The first-order valence-corrected chi connectivity index (χ1v) is 15.4. The van der Waals surface area contributed by atoms with Crippen LogP contribution in [-0.4, -0.2) is 55.2 Å². The number of ether oxygens (including phenoxy) is 3. The molecule has 0 radical (unpaired) electrons. The van der Waals surface area contributed by atoms with E-state index in [-0.39, 0.29) is 6.42 Å². The molecule has 0 aliphatic heterocycles. The highest BCUT2D eigenvalue weighted by atomic mass is 28.3. The third-order valence-corrected chi connectivity index (χ3v) is 5.57. The molecule has 1 N–H and O–H groups in total. The van der Waals surface area contributed by atoms with Gasteiger partial charge in [0.1, 0.15) is 31.0 Å². The molecule has 0 unspecified atom stereocenters. The first kappa shape index (κ1) is 29.0. The van der Waals surface area contributed by atoms with Crippen LogP contribution in [0.1, 0.15) is 52.8 Å². The number of aromatic nitrogens is 1. The highest BCUT2D eigenvalue weighted by molar-refractivity contribution is 6.83. The standard InChI is InChI=1S/C27H38N2O6Si/c1-26(2,3)34-24(31)28-20(23(30)33-7)17-19-18-13-11-12-14-21(18)29(25(32)35-27(4,5)6)22(19)15-16-36(8,9)10/h11-14,20H,17H2,1-10H3,(H,28,31)/t20-/m1/s1. The summed E-state index contributed by atoms with van der Waals surface area (Å²) in [6.07, 6.45) is -1.28. The minimum Gasteiger partial charge on any atom is -0.467 e. The average molecular weight is 515 g/mol. The molecule has 1 heterocycles. The molecule has 196 valence electrons. The maximum Gasteiger partial charge on any atom is 0.420 e. The van der Waals surface area contributed by atoms with Crippen molar-refractivity contribution in [2.75, 3.05) is 7.11 Å². The normalized spacial score (nSPS) is 12.8. The van der Waals surface area contributed by atoms with E-state index < -0.39 is 43.5 Å². The van der Waals surface area contributed by atoms with Crippen LogP contribution in [0, 0.1) is 11.5 Å². The molecule has 0 aliphatic rings. The van der Waals surface area contributed by atoms with Gasteiger partial charge >= 0.3 is 18.2 Å². The van der Waals surface area contributed by atoms with Crippen molar-refractivity contribution < 1.29 is 28.6 Å². The van der Waals surface area contributed by atoms with E-state index in [9.17, 15) is 14.4 Å². The lowest BCUT2D eigenvalue weighted by molar-refractivity contribution is -0.143. The van der Waals surface area contributed by atoms with Crippen LogP contribution in [0.25, 0.3) is 10.9 Å². The van der Waals surface area contributed by atoms with Crippen molar-refractivity contribution in [3.05, 3.63) is 35.5 Å². The first-order valence-electron chi connectivity index (χ1n) is 11.9. The third-order valence-electron chi connectivity index (χ3n) is 4.70. The summed E-state index contributed by atoms with van der Waals surface area (Å²) in [6, 6.07) is 6.26. The van der Waals surface area contributed by atoms with Crippen LogP contribution in [-0.2, 0) is 25.4 Å². The SMILES string of the molecule is COC(=O)[C@@H](Cc1c(C#C[Si](C)(C)C)n(C(=O)OC(C)(C)C)c2ccccc12)NC(=O)OC(C)(C)C. The van der Waals surface area contributed by atoms with Gasteiger partial charge in [0.05, 0.1) is 12.6 Å². The number of hydrogen-bond acceptors (Lipinski definition) is 6. The van der Waals surface area contributed by atoms with E-state index in [1.807, 2.05) is 18.2 Å². The number of hydrogen-bond donors (Lipinski definition) is 1. The second-order valence-electron chi connectivity index (χ2n) is 11.6. The van der Waals surface area contributed by atoms with Gasteiger partial charge in [-0.05, 0) is 53.2 Å². The zero-order chi connectivity index (χ0) is 27.5. The lowest BCUT2D eigenvalue weighted by atomic mass is 10.0. The number of para-hydroxylation sites is 1. The fourth-order valence-electron chi connectivity index (χ4n) is 3.38. The summed E-state index contributed by atoms with van der Waals surface area (Å²) in [6.45, 7) is 16.9. The molecule has 2 rings (SSSR count). The molecule has 1 atom stereocenters. The Morgan fingerprint density at radius 1 is 1.00 bits per heavy atom. The van der Waals surface area contributed by atoms with Crippen LogP contribution < -0.4 is 5.32 Å². The topological polar surface area (TPSA) is 95.9 Å². The molecule has 1 aromatic heterocycles. The zero-order valence-electron chi connectivity index (χ0n) is 23.0. The summed E-state index contributed by atoms with van der Waals surface area (Å²) in [5.74, 6) is 2.57. The van der Waals surface area contributed by atoms with Crippen molar-refractivity contribution in [2.24, 2.45) is 0 Å². The highest BCUT2D eigenvalue weighted by Crippen LogP contribution is 2.29. The van der Waals surface area contributed by atoms with Crippen molar-refractivity contribution in [3.63, 3.8) is 0 Å². The largest absolute Gasteiger partial charge is 0.467 e. The number of alkyl carbamates (subject to hydrolysis) is 1. The van der Waals surface area contributed by atoms with E-state index in [2.05, 4.69) is 36.4 Å². The van der Waals surface area contributed by atoms with Gasteiger partial charge in [-0.3, -0.25) is 0 Å². The van der Waals surface area contributed by atoms with Gasteiger partial charge in [0, 0.05) is 11.8 Å². The molecule has 0 spiro atoms. The van der Waals surface area contributed by atoms with Gasteiger partial charge in [0.15, 0.2) is 0 Å². The monoisotopic (exact) mass is 514 g/mol. The van der Waals surface area contributed by atoms with Crippen LogP contribution in [0.15, 0.2) is 24.3 Å². The van der Waals surface area contributed by atoms with Crippen molar-refractivity contribution in [1.29, 1.82) is 0 Å². The Labute approximate surface area is 214 Å². The van der Waals surface area contributed by atoms with E-state index in [1.54, 1.807) is 47.6 Å². The van der Waals surface area contributed by atoms with Crippen molar-refractivity contribution in [2.45, 2.75) is 84.8 Å². The van der Waals surface area contributed by atoms with Gasteiger partial charge in [0.25, 0.3) is 0 Å². The smallest absolute Gasteiger partial charge is 0.420 e. The van der Waals surface area contributed by atoms with Crippen molar-refractivity contribution in [3.8, 4) is 11.5 Å². The Bertz CT molecular complexity index is 1200. The maximum absolute atomic E-state index is 13.3. The number of carbonyl (C=O) groups excluding carboxylic acids is 3. The van der Waals surface area contributed by atoms with Crippen LogP contribution in [0.4, 0.5) is 9.59 Å². The zero-order valence-corrected chi connectivity index (χ0v) is 24.0. The van der Waals surface area contributed by atoms with Crippen molar-refractivity contribution in [1.82, 2.24) is 9.88 Å². The van der Waals surface area contributed by atoms with Crippen molar-refractivity contribution >= 4 is 37.1 Å². The number of fused-ring (bicyclic) bond motifs is 1. The number of benzene rings is 1. The van der Waals surface area contributed by atoms with Crippen LogP contribution in [0.2, 0.25) is 19.6 Å². The molecular formula is C27H38N2O6Si. The summed E-state index contributed by atoms with van der Waals surface area (Å²) >= 11 is 0. The Morgan fingerprint density at radius 3 is 2.11 bits per heavy atom. The number of carbonyl (C=O) groups is 3. The van der Waals surface area contributed by atoms with Gasteiger partial charge in [-0.25, -0.2) is 19.0 Å². The molecular weight excluding hydrogens is 476 g/mol. The van der Waals surface area contributed by atoms with Crippen LogP contribution in [0.5, 0.6) is 0 Å². The summed E-state index contributed by atoms with van der Waals surface area (Å²) in [7, 11) is -0.594. The molecule has 0 saturated carbocycles. The van der Waals surface area contributed by atoms with E-state index in [0.717, 1.165) is 5.39 Å². The van der Waals surface area contributed by atoms with Gasteiger partial charge in [-0.15, -0.1) is 5.54 Å². The molecule has 1 aromatic carbocycles. The predicted octanol–water partition coefficient (Wildman–Crippen LogP) is 5.26. The Balaban J connectivity index is 2.72. The average Bonchev–Trinajstić information content (AvgIpc) is 3.01. The highest BCUT2D eigenvalue weighted by Gasteiger charge is 2.30.